The normalized spacial score (nSPS) is 26.4. The van der Waals surface area contributed by atoms with E-state index in [9.17, 15) is 4.79 Å². The van der Waals surface area contributed by atoms with Crippen LogP contribution in [-0.4, -0.2) is 13.0 Å². The molecule has 1 amide bonds. The van der Waals surface area contributed by atoms with E-state index >= 15 is 0 Å². The fraction of sp³-hybridized carbons (Fsp3) is 0.375. The van der Waals surface area contributed by atoms with Gasteiger partial charge in [0.2, 0.25) is 5.91 Å². The first kappa shape index (κ1) is 15.9. The Morgan fingerprint density at radius 3 is 2.27 bits per heavy atom. The fourth-order valence-electron chi connectivity index (χ4n) is 6.00. The van der Waals surface area contributed by atoms with E-state index in [1.165, 1.54) is 48.0 Å². The van der Waals surface area contributed by atoms with Gasteiger partial charge in [-0.2, -0.15) is 0 Å². The summed E-state index contributed by atoms with van der Waals surface area (Å²) in [5, 5.41) is 0. The van der Waals surface area contributed by atoms with Crippen molar-refractivity contribution in [2.45, 2.75) is 39.0 Å². The average Bonchev–Trinajstić information content (AvgIpc) is 3.23. The second-order valence-electron chi connectivity index (χ2n) is 8.49. The Morgan fingerprint density at radius 2 is 1.54 bits per heavy atom. The molecule has 2 nitrogen and oxygen atoms in total. The van der Waals surface area contributed by atoms with Gasteiger partial charge in [-0.15, -0.1) is 0 Å². The maximum atomic E-state index is 13.5. The van der Waals surface area contributed by atoms with E-state index in [2.05, 4.69) is 55.5 Å². The molecule has 3 aliphatic rings. The Balaban J connectivity index is 1.88. The molecule has 0 saturated heterocycles. The summed E-state index contributed by atoms with van der Waals surface area (Å²) in [6.45, 7) is 2.19. The van der Waals surface area contributed by atoms with Crippen LogP contribution in [0.5, 0.6) is 0 Å². The van der Waals surface area contributed by atoms with Crippen molar-refractivity contribution >= 4 is 22.7 Å². The summed E-state index contributed by atoms with van der Waals surface area (Å²) < 4.78 is 0. The minimum absolute atomic E-state index is 0.152. The third-order valence-electron chi connectivity index (χ3n) is 6.96. The van der Waals surface area contributed by atoms with Gasteiger partial charge in [0.25, 0.3) is 0 Å². The Kier molecular flexibility index (Phi) is 3.25. The summed E-state index contributed by atoms with van der Waals surface area (Å²) in [4.78, 5) is 15.4. The third kappa shape index (κ3) is 1.90. The second-order valence-corrected chi connectivity index (χ2v) is 8.49. The van der Waals surface area contributed by atoms with Crippen molar-refractivity contribution in [3.63, 3.8) is 0 Å². The molecule has 2 aromatic carbocycles. The maximum Gasteiger partial charge on any atom is 0.237 e. The highest BCUT2D eigenvalue weighted by Gasteiger charge is 2.58. The van der Waals surface area contributed by atoms with E-state index in [4.69, 9.17) is 0 Å². The van der Waals surface area contributed by atoms with E-state index in [0.29, 0.717) is 0 Å². The molecule has 132 valence electrons. The lowest BCUT2D eigenvalue weighted by Crippen LogP contribution is -2.44. The fourth-order valence-corrected chi connectivity index (χ4v) is 6.00. The molecule has 1 heterocycles. The second kappa shape index (κ2) is 5.33. The van der Waals surface area contributed by atoms with Crippen molar-refractivity contribution in [2.75, 3.05) is 11.9 Å². The van der Waals surface area contributed by atoms with Gasteiger partial charge in [-0.25, -0.2) is 0 Å². The van der Waals surface area contributed by atoms with Crippen LogP contribution in [0.2, 0.25) is 0 Å². The molecule has 2 aliphatic carbocycles. The Labute approximate surface area is 155 Å². The first-order valence-corrected chi connectivity index (χ1v) is 9.75. The number of fused-ring (bicyclic) bond motifs is 3. The predicted octanol–water partition coefficient (Wildman–Crippen LogP) is 5.54. The number of hydrogen-bond donors (Lipinski definition) is 0. The van der Waals surface area contributed by atoms with E-state index in [0.717, 1.165) is 12.1 Å². The van der Waals surface area contributed by atoms with Crippen LogP contribution in [0.4, 0.5) is 5.69 Å². The van der Waals surface area contributed by atoms with Crippen molar-refractivity contribution in [1.29, 1.82) is 0 Å². The molecule has 0 N–H and O–H groups in total. The highest BCUT2D eigenvalue weighted by molar-refractivity contribution is 6.18. The monoisotopic (exact) mass is 343 g/mol. The number of amides is 1. The first-order valence-electron chi connectivity index (χ1n) is 9.75. The molecule has 1 aliphatic heterocycles. The number of para-hydroxylation sites is 1. The third-order valence-corrected chi connectivity index (χ3v) is 6.96. The molecule has 0 bridgehead atoms. The highest BCUT2D eigenvalue weighted by Crippen LogP contribution is 2.68. The van der Waals surface area contributed by atoms with Crippen LogP contribution < -0.4 is 4.90 Å². The largest absolute Gasteiger partial charge is 0.314 e. The molecule has 2 aromatic rings. The van der Waals surface area contributed by atoms with Gasteiger partial charge in [-0.1, -0.05) is 61.4 Å². The molecule has 1 unspecified atom stereocenters. The summed E-state index contributed by atoms with van der Waals surface area (Å²) in [6, 6.07) is 19.3. The number of nitrogens with zero attached hydrogens (tertiary/aromatic N) is 1. The average molecular weight is 343 g/mol. The summed E-state index contributed by atoms with van der Waals surface area (Å²) in [7, 11) is 1.94. The van der Waals surface area contributed by atoms with Crippen LogP contribution in [0.15, 0.2) is 54.6 Å². The topological polar surface area (TPSA) is 20.3 Å². The van der Waals surface area contributed by atoms with Crippen LogP contribution in [0.25, 0.3) is 11.1 Å². The number of anilines is 1. The zero-order valence-corrected chi connectivity index (χ0v) is 15.6. The lowest BCUT2D eigenvalue weighted by molar-refractivity contribution is -0.125. The van der Waals surface area contributed by atoms with Crippen molar-refractivity contribution in [2.24, 2.45) is 10.8 Å². The van der Waals surface area contributed by atoms with Gasteiger partial charge in [0.15, 0.2) is 0 Å². The quantitative estimate of drug-likeness (QED) is 0.665. The molecule has 1 saturated carbocycles. The summed E-state index contributed by atoms with van der Waals surface area (Å²) in [6.07, 6.45) is 5.90. The van der Waals surface area contributed by atoms with Gasteiger partial charge in [0.05, 0.1) is 11.1 Å². The van der Waals surface area contributed by atoms with E-state index in [1.54, 1.807) is 0 Å². The summed E-state index contributed by atoms with van der Waals surface area (Å²) in [5.41, 5.74) is 6.09. The molecule has 1 spiro atoms. The standard InChI is InChI=1S/C24H25NO/c1-23-16-24(14-8-9-15-24)20(17-10-4-3-5-11-17)21(23)18-12-6-7-13-19(18)25(2)22(23)26/h3-7,10-13H,8-9,14-16H2,1-2H3. The van der Waals surface area contributed by atoms with Gasteiger partial charge < -0.3 is 4.90 Å². The number of carbonyl (C=O) groups is 1. The Hall–Kier alpha value is -2.35. The number of rotatable bonds is 1. The molecule has 0 radical (unpaired) electrons. The van der Waals surface area contributed by atoms with Crippen LogP contribution in [0.3, 0.4) is 0 Å². The van der Waals surface area contributed by atoms with Gasteiger partial charge in [-0.05, 0) is 54.4 Å². The van der Waals surface area contributed by atoms with E-state index < -0.39 is 5.41 Å². The van der Waals surface area contributed by atoms with E-state index in [1.807, 2.05) is 18.0 Å². The Morgan fingerprint density at radius 1 is 0.885 bits per heavy atom. The first-order chi connectivity index (χ1) is 12.6. The number of benzene rings is 2. The van der Waals surface area contributed by atoms with Crippen molar-refractivity contribution in [3.8, 4) is 0 Å². The lowest BCUT2D eigenvalue weighted by atomic mass is 9.72. The van der Waals surface area contributed by atoms with Crippen LogP contribution in [0.1, 0.15) is 50.2 Å². The number of hydrogen-bond acceptors (Lipinski definition) is 1. The smallest absolute Gasteiger partial charge is 0.237 e. The van der Waals surface area contributed by atoms with Crippen molar-refractivity contribution < 1.29 is 4.79 Å². The van der Waals surface area contributed by atoms with Gasteiger partial charge in [0.1, 0.15) is 0 Å². The SMILES string of the molecule is CN1C(=O)C2(C)CC3(CCCC3)C(c3ccccc3)=C2c2ccccc21. The minimum atomic E-state index is -0.418. The summed E-state index contributed by atoms with van der Waals surface area (Å²) in [5.74, 6) is 0.253. The van der Waals surface area contributed by atoms with Crippen LogP contribution >= 0.6 is 0 Å². The van der Waals surface area contributed by atoms with Crippen molar-refractivity contribution in [1.82, 2.24) is 0 Å². The lowest BCUT2D eigenvalue weighted by Gasteiger charge is -2.39. The minimum Gasteiger partial charge on any atom is -0.314 e. The molecule has 1 fully saturated rings. The summed E-state index contributed by atoms with van der Waals surface area (Å²) >= 11 is 0. The molecule has 2 heteroatoms. The van der Waals surface area contributed by atoms with Gasteiger partial charge in [-0.3, -0.25) is 4.79 Å². The molecule has 26 heavy (non-hydrogen) atoms. The van der Waals surface area contributed by atoms with Crippen LogP contribution in [0, 0.1) is 10.8 Å². The van der Waals surface area contributed by atoms with Crippen molar-refractivity contribution in [3.05, 3.63) is 65.7 Å². The van der Waals surface area contributed by atoms with Gasteiger partial charge >= 0.3 is 0 Å². The maximum absolute atomic E-state index is 13.5. The molecular weight excluding hydrogens is 318 g/mol. The molecule has 5 rings (SSSR count). The zero-order chi connectivity index (χ0) is 17.9. The number of carbonyl (C=O) groups excluding carboxylic acids is 1. The zero-order valence-electron chi connectivity index (χ0n) is 15.6. The van der Waals surface area contributed by atoms with Crippen LogP contribution in [-0.2, 0) is 4.79 Å². The highest BCUT2D eigenvalue weighted by atomic mass is 16.2. The van der Waals surface area contributed by atoms with Gasteiger partial charge in [0, 0.05) is 12.6 Å². The Bertz CT molecular complexity index is 920. The predicted molar refractivity (Wildman–Crippen MR) is 107 cm³/mol. The molecule has 0 aromatic heterocycles. The number of allylic oxidation sites excluding steroid dienone is 1. The molecular formula is C24H25NO. The molecule has 1 atom stereocenters. The van der Waals surface area contributed by atoms with E-state index in [-0.39, 0.29) is 11.3 Å².